The Bertz CT molecular complexity index is 428. The summed E-state index contributed by atoms with van der Waals surface area (Å²) in [6.07, 6.45) is 1.61. The van der Waals surface area contributed by atoms with Gasteiger partial charge in [0, 0.05) is 25.7 Å². The average molecular weight is 221 g/mol. The third-order valence-corrected chi connectivity index (χ3v) is 2.76. The minimum atomic E-state index is -0.0282. The molecule has 2 rings (SSSR count). The van der Waals surface area contributed by atoms with Gasteiger partial charge in [-0.2, -0.15) is 0 Å². The van der Waals surface area contributed by atoms with Crippen LogP contribution < -0.4 is 10.6 Å². The van der Waals surface area contributed by atoms with E-state index in [0.29, 0.717) is 6.54 Å². The smallest absolute Gasteiger partial charge is 0.247 e. The van der Waals surface area contributed by atoms with Crippen LogP contribution in [0.4, 0.5) is 0 Å². The maximum absolute atomic E-state index is 11.7. The molecule has 0 bridgehead atoms. The van der Waals surface area contributed by atoms with E-state index in [0.717, 1.165) is 24.5 Å². The highest BCUT2D eigenvalue weighted by Crippen LogP contribution is 2.08. The first-order valence-corrected chi connectivity index (χ1v) is 5.19. The van der Waals surface area contributed by atoms with Crippen molar-refractivity contribution in [2.75, 3.05) is 13.1 Å². The molecular weight excluding hydrogens is 206 g/mol. The molecule has 0 aliphatic carbocycles. The number of aryl methyl sites for hydroxylation is 1. The Morgan fingerprint density at radius 1 is 1.62 bits per heavy atom. The van der Waals surface area contributed by atoms with Gasteiger partial charge in [-0.25, -0.2) is 0 Å². The van der Waals surface area contributed by atoms with Gasteiger partial charge in [-0.3, -0.25) is 4.79 Å². The van der Waals surface area contributed by atoms with E-state index >= 15 is 0 Å². The minimum absolute atomic E-state index is 0.0282. The van der Waals surface area contributed by atoms with Crippen LogP contribution in [0.2, 0.25) is 0 Å². The molecule has 0 atom stereocenters. The fraction of sp³-hybridized carbons (Fsp3) is 0.500. The molecule has 2 heterocycles. The quantitative estimate of drug-likeness (QED) is 0.665. The molecule has 1 aliphatic rings. The Kier molecular flexibility index (Phi) is 3.00. The van der Waals surface area contributed by atoms with Gasteiger partial charge in [0.05, 0.1) is 6.54 Å². The molecule has 1 aliphatic heterocycles. The average Bonchev–Trinajstić information content (AvgIpc) is 2.57. The molecule has 6 nitrogen and oxygen atoms in total. The molecule has 0 radical (unpaired) electrons. The molecule has 1 amide bonds. The van der Waals surface area contributed by atoms with Crippen molar-refractivity contribution in [2.45, 2.75) is 13.5 Å². The Hall–Kier alpha value is -1.69. The highest BCUT2D eigenvalue weighted by Gasteiger charge is 2.16. The topological polar surface area (TPSA) is 71.8 Å². The molecule has 6 heteroatoms. The predicted octanol–water partition coefficient (Wildman–Crippen LogP) is -0.649. The molecule has 0 unspecified atom stereocenters. The summed E-state index contributed by atoms with van der Waals surface area (Å²) in [6.45, 7) is 3.90. The molecule has 0 saturated carbocycles. The summed E-state index contributed by atoms with van der Waals surface area (Å²) in [5.74, 6) is 0.720. The fourth-order valence-corrected chi connectivity index (χ4v) is 1.43. The molecule has 0 aromatic carbocycles. The summed E-state index contributed by atoms with van der Waals surface area (Å²) in [5.41, 5.74) is 1.98. The molecule has 1 fully saturated rings. The highest BCUT2D eigenvalue weighted by atomic mass is 16.1. The first-order chi connectivity index (χ1) is 7.68. The van der Waals surface area contributed by atoms with E-state index in [1.165, 1.54) is 5.57 Å². The van der Waals surface area contributed by atoms with Gasteiger partial charge < -0.3 is 15.2 Å². The van der Waals surface area contributed by atoms with Crippen LogP contribution in [0.5, 0.6) is 0 Å². The van der Waals surface area contributed by atoms with Crippen LogP contribution in [0.25, 0.3) is 0 Å². The number of carbonyl (C=O) groups is 1. The van der Waals surface area contributed by atoms with Gasteiger partial charge in [0.25, 0.3) is 0 Å². The standard InChI is InChI=1S/C10H15N5O/c1-7(8-3-11-4-8)10(16)12-5-9-14-13-6-15(9)2/h6,11H,3-5H2,1-2H3,(H,12,16). The summed E-state index contributed by atoms with van der Waals surface area (Å²) < 4.78 is 1.79. The van der Waals surface area contributed by atoms with Crippen molar-refractivity contribution in [1.29, 1.82) is 0 Å². The van der Waals surface area contributed by atoms with Crippen molar-refractivity contribution in [3.05, 3.63) is 23.3 Å². The zero-order valence-electron chi connectivity index (χ0n) is 9.45. The van der Waals surface area contributed by atoms with Crippen molar-refractivity contribution in [3.8, 4) is 0 Å². The lowest BCUT2D eigenvalue weighted by molar-refractivity contribution is -0.117. The van der Waals surface area contributed by atoms with E-state index in [1.807, 2.05) is 14.0 Å². The van der Waals surface area contributed by atoms with Gasteiger partial charge in [-0.05, 0) is 12.5 Å². The predicted molar refractivity (Wildman–Crippen MR) is 58.4 cm³/mol. The molecule has 1 saturated heterocycles. The summed E-state index contributed by atoms with van der Waals surface area (Å²) >= 11 is 0. The molecular formula is C10H15N5O. The third kappa shape index (κ3) is 2.11. The number of aromatic nitrogens is 3. The van der Waals surface area contributed by atoms with Crippen LogP contribution in [0, 0.1) is 0 Å². The summed E-state index contributed by atoms with van der Waals surface area (Å²) in [5, 5.41) is 13.6. The van der Waals surface area contributed by atoms with Gasteiger partial charge in [0.2, 0.25) is 5.91 Å². The van der Waals surface area contributed by atoms with Crippen LogP contribution in [-0.4, -0.2) is 33.8 Å². The van der Waals surface area contributed by atoms with Crippen LogP contribution in [-0.2, 0) is 18.4 Å². The maximum Gasteiger partial charge on any atom is 0.247 e. The van der Waals surface area contributed by atoms with Crippen LogP contribution in [0.3, 0.4) is 0 Å². The molecule has 2 N–H and O–H groups in total. The molecule has 0 spiro atoms. The lowest BCUT2D eigenvalue weighted by Crippen LogP contribution is -2.37. The zero-order chi connectivity index (χ0) is 11.5. The number of nitrogens with one attached hydrogen (secondary N) is 2. The van der Waals surface area contributed by atoms with Crippen molar-refractivity contribution in [1.82, 2.24) is 25.4 Å². The van der Waals surface area contributed by atoms with Gasteiger partial charge in [0.15, 0.2) is 5.82 Å². The number of carbonyl (C=O) groups excluding carboxylic acids is 1. The minimum Gasteiger partial charge on any atom is -0.345 e. The SMILES string of the molecule is CC(C(=O)NCc1nncn1C)=C1CNC1. The van der Waals surface area contributed by atoms with Gasteiger partial charge in [-0.15, -0.1) is 10.2 Å². The Morgan fingerprint density at radius 2 is 2.38 bits per heavy atom. The van der Waals surface area contributed by atoms with Crippen molar-refractivity contribution >= 4 is 5.91 Å². The number of rotatable bonds is 3. The van der Waals surface area contributed by atoms with E-state index in [4.69, 9.17) is 0 Å². The largest absolute Gasteiger partial charge is 0.345 e. The van der Waals surface area contributed by atoms with Crippen LogP contribution in [0.15, 0.2) is 17.5 Å². The molecule has 16 heavy (non-hydrogen) atoms. The Morgan fingerprint density at radius 3 is 2.88 bits per heavy atom. The van der Waals surface area contributed by atoms with E-state index < -0.39 is 0 Å². The monoisotopic (exact) mass is 221 g/mol. The first-order valence-electron chi connectivity index (χ1n) is 5.19. The maximum atomic E-state index is 11.7. The number of amides is 1. The number of nitrogens with zero attached hydrogens (tertiary/aromatic N) is 3. The van der Waals surface area contributed by atoms with Crippen molar-refractivity contribution < 1.29 is 4.79 Å². The fourth-order valence-electron chi connectivity index (χ4n) is 1.43. The van der Waals surface area contributed by atoms with E-state index in [-0.39, 0.29) is 5.91 Å². The highest BCUT2D eigenvalue weighted by molar-refractivity contribution is 5.93. The number of hydrogen-bond acceptors (Lipinski definition) is 4. The Balaban J connectivity index is 1.91. The Labute approximate surface area is 93.7 Å². The van der Waals surface area contributed by atoms with Crippen molar-refractivity contribution in [2.24, 2.45) is 7.05 Å². The second kappa shape index (κ2) is 4.44. The van der Waals surface area contributed by atoms with Crippen molar-refractivity contribution in [3.63, 3.8) is 0 Å². The first kappa shape index (κ1) is 10.8. The summed E-state index contributed by atoms with van der Waals surface area (Å²) in [7, 11) is 1.85. The van der Waals surface area contributed by atoms with E-state index in [1.54, 1.807) is 10.9 Å². The van der Waals surface area contributed by atoms with E-state index in [9.17, 15) is 4.79 Å². The normalized spacial score (nSPS) is 14.5. The lowest BCUT2D eigenvalue weighted by atomic mass is 10.0. The van der Waals surface area contributed by atoms with Crippen LogP contribution in [0.1, 0.15) is 12.7 Å². The van der Waals surface area contributed by atoms with Gasteiger partial charge in [-0.1, -0.05) is 0 Å². The molecule has 86 valence electrons. The van der Waals surface area contributed by atoms with Gasteiger partial charge in [0.1, 0.15) is 6.33 Å². The zero-order valence-corrected chi connectivity index (χ0v) is 9.45. The second-order valence-corrected chi connectivity index (χ2v) is 3.87. The molecule has 1 aromatic heterocycles. The van der Waals surface area contributed by atoms with E-state index in [2.05, 4.69) is 20.8 Å². The van der Waals surface area contributed by atoms with Gasteiger partial charge >= 0.3 is 0 Å². The number of hydrogen-bond donors (Lipinski definition) is 2. The lowest BCUT2D eigenvalue weighted by Gasteiger charge is -2.21. The summed E-state index contributed by atoms with van der Waals surface area (Å²) in [4.78, 5) is 11.7. The molecule has 1 aromatic rings. The summed E-state index contributed by atoms with van der Waals surface area (Å²) in [6, 6.07) is 0. The third-order valence-electron chi connectivity index (χ3n) is 2.76. The second-order valence-electron chi connectivity index (χ2n) is 3.87. The van der Waals surface area contributed by atoms with Crippen LogP contribution >= 0.6 is 0 Å².